The molecule has 0 bridgehead atoms. The molecule has 27 heavy (non-hydrogen) atoms. The molecule has 2 aromatic rings. The molecule has 1 aromatic heterocycles. The lowest BCUT2D eigenvalue weighted by Crippen LogP contribution is -2.40. The van der Waals surface area contributed by atoms with Crippen LogP contribution in [0, 0.1) is 5.82 Å². The lowest BCUT2D eigenvalue weighted by molar-refractivity contribution is -0.140. The molecule has 0 N–H and O–H groups in total. The first-order valence-electron chi connectivity index (χ1n) is 9.03. The second-order valence-electron chi connectivity index (χ2n) is 6.71. The highest BCUT2D eigenvalue weighted by molar-refractivity contribution is 5.94. The van der Waals surface area contributed by atoms with Gasteiger partial charge in [0.25, 0.3) is 5.91 Å². The topological polar surface area (TPSA) is 38.1 Å². The van der Waals surface area contributed by atoms with Crippen molar-refractivity contribution < 1.29 is 22.4 Å². The summed E-state index contributed by atoms with van der Waals surface area (Å²) in [6.07, 6.45) is -1.20. The van der Waals surface area contributed by atoms with Gasteiger partial charge in [-0.1, -0.05) is 13.3 Å². The van der Waals surface area contributed by atoms with Crippen LogP contribution in [0.15, 0.2) is 24.3 Å². The predicted octanol–water partition coefficient (Wildman–Crippen LogP) is 4.30. The molecule has 3 rings (SSSR count). The summed E-state index contributed by atoms with van der Waals surface area (Å²) < 4.78 is 53.6. The Kier molecular flexibility index (Phi) is 5.53. The van der Waals surface area contributed by atoms with Crippen molar-refractivity contribution in [3.05, 3.63) is 47.0 Å². The Bertz CT molecular complexity index is 812. The summed E-state index contributed by atoms with van der Waals surface area (Å²) in [6.45, 7) is 0.605. The standard InChI is InChI=1S/C19H21F4N3O/c1-2-3-11-25(12-19(21,22)23)18(27)17-15-5-4-6-16(15)26(24-17)14-9-7-13(20)8-10-14/h7-10H,2-6,11-12H2,1H3. The second kappa shape index (κ2) is 7.70. The lowest BCUT2D eigenvalue weighted by atomic mass is 10.1. The van der Waals surface area contributed by atoms with Gasteiger partial charge in [-0.2, -0.15) is 18.3 Å². The molecule has 0 saturated heterocycles. The number of nitrogens with zero attached hydrogens (tertiary/aromatic N) is 3. The van der Waals surface area contributed by atoms with Crippen LogP contribution in [0.25, 0.3) is 5.69 Å². The molecule has 1 aliphatic rings. The van der Waals surface area contributed by atoms with Gasteiger partial charge < -0.3 is 4.90 Å². The highest BCUT2D eigenvalue weighted by Gasteiger charge is 2.36. The molecule has 0 spiro atoms. The molecule has 1 amide bonds. The van der Waals surface area contributed by atoms with Gasteiger partial charge in [0.2, 0.25) is 0 Å². The van der Waals surface area contributed by atoms with E-state index in [2.05, 4.69) is 5.10 Å². The van der Waals surface area contributed by atoms with E-state index >= 15 is 0 Å². The number of hydrogen-bond acceptors (Lipinski definition) is 2. The van der Waals surface area contributed by atoms with E-state index < -0.39 is 24.4 Å². The maximum absolute atomic E-state index is 13.2. The zero-order valence-electron chi connectivity index (χ0n) is 15.0. The number of carbonyl (C=O) groups excluding carboxylic acids is 1. The van der Waals surface area contributed by atoms with Gasteiger partial charge in [0, 0.05) is 17.8 Å². The van der Waals surface area contributed by atoms with Crippen LogP contribution in [0.5, 0.6) is 0 Å². The fourth-order valence-electron chi connectivity index (χ4n) is 3.37. The predicted molar refractivity (Wildman–Crippen MR) is 92.4 cm³/mol. The van der Waals surface area contributed by atoms with E-state index in [1.807, 2.05) is 6.92 Å². The van der Waals surface area contributed by atoms with Gasteiger partial charge in [-0.3, -0.25) is 4.79 Å². The van der Waals surface area contributed by atoms with Gasteiger partial charge >= 0.3 is 6.18 Å². The highest BCUT2D eigenvalue weighted by atomic mass is 19.4. The van der Waals surface area contributed by atoms with Gasteiger partial charge in [0.05, 0.1) is 5.69 Å². The van der Waals surface area contributed by atoms with Crippen LogP contribution in [0.2, 0.25) is 0 Å². The van der Waals surface area contributed by atoms with Crippen LogP contribution in [-0.2, 0) is 12.8 Å². The summed E-state index contributed by atoms with van der Waals surface area (Å²) in [5.74, 6) is -1.09. The zero-order chi connectivity index (χ0) is 19.6. The van der Waals surface area contributed by atoms with Crippen molar-refractivity contribution >= 4 is 5.91 Å². The number of alkyl halides is 3. The highest BCUT2D eigenvalue weighted by Crippen LogP contribution is 2.29. The Balaban J connectivity index is 1.96. The number of hydrogen-bond donors (Lipinski definition) is 0. The molecule has 1 aliphatic carbocycles. The molecule has 4 nitrogen and oxygen atoms in total. The average Bonchev–Trinajstić information content (AvgIpc) is 3.20. The number of carbonyl (C=O) groups is 1. The third kappa shape index (κ3) is 4.31. The Morgan fingerprint density at radius 3 is 2.56 bits per heavy atom. The van der Waals surface area contributed by atoms with Crippen LogP contribution in [0.4, 0.5) is 17.6 Å². The van der Waals surface area contributed by atoms with Crippen molar-refractivity contribution in [2.24, 2.45) is 0 Å². The summed E-state index contributed by atoms with van der Waals surface area (Å²) in [4.78, 5) is 13.7. The maximum atomic E-state index is 13.2. The van der Waals surface area contributed by atoms with Crippen LogP contribution in [-0.4, -0.2) is 39.9 Å². The van der Waals surface area contributed by atoms with Crippen molar-refractivity contribution in [3.63, 3.8) is 0 Å². The molecule has 0 atom stereocenters. The summed E-state index contributed by atoms with van der Waals surface area (Å²) in [5, 5.41) is 4.33. The van der Waals surface area contributed by atoms with E-state index in [1.165, 1.54) is 12.1 Å². The lowest BCUT2D eigenvalue weighted by Gasteiger charge is -2.23. The molecule has 0 fully saturated rings. The molecule has 8 heteroatoms. The number of halogens is 4. The first-order chi connectivity index (χ1) is 12.8. The van der Waals surface area contributed by atoms with Crippen molar-refractivity contribution in [2.45, 2.75) is 45.2 Å². The Hall–Kier alpha value is -2.38. The van der Waals surface area contributed by atoms with E-state index in [-0.39, 0.29) is 12.2 Å². The number of unbranched alkanes of at least 4 members (excludes halogenated alkanes) is 1. The van der Waals surface area contributed by atoms with Crippen LogP contribution < -0.4 is 0 Å². The first-order valence-corrected chi connectivity index (χ1v) is 9.03. The smallest absolute Gasteiger partial charge is 0.328 e. The summed E-state index contributed by atoms with van der Waals surface area (Å²) >= 11 is 0. The zero-order valence-corrected chi connectivity index (χ0v) is 15.0. The summed E-state index contributed by atoms with van der Waals surface area (Å²) in [7, 11) is 0. The summed E-state index contributed by atoms with van der Waals surface area (Å²) in [5.41, 5.74) is 2.18. The average molecular weight is 383 g/mol. The van der Waals surface area contributed by atoms with Crippen molar-refractivity contribution in [1.82, 2.24) is 14.7 Å². The minimum absolute atomic E-state index is 0.0347. The van der Waals surface area contributed by atoms with Gasteiger partial charge in [0.1, 0.15) is 12.4 Å². The Morgan fingerprint density at radius 2 is 1.93 bits per heavy atom. The quantitative estimate of drug-likeness (QED) is 0.698. The first kappa shape index (κ1) is 19.4. The van der Waals surface area contributed by atoms with E-state index in [9.17, 15) is 22.4 Å². The molecule has 1 aromatic carbocycles. The SMILES string of the molecule is CCCCN(CC(F)(F)F)C(=O)c1nn(-c2ccc(F)cc2)c2c1CCC2. The number of benzene rings is 1. The van der Waals surface area contributed by atoms with Gasteiger partial charge in [-0.05, 0) is 49.9 Å². The van der Waals surface area contributed by atoms with Gasteiger partial charge in [-0.15, -0.1) is 0 Å². The van der Waals surface area contributed by atoms with Crippen molar-refractivity contribution in [2.75, 3.05) is 13.1 Å². The third-order valence-corrected chi connectivity index (χ3v) is 4.64. The maximum Gasteiger partial charge on any atom is 0.406 e. The third-order valence-electron chi connectivity index (χ3n) is 4.64. The van der Waals surface area contributed by atoms with Crippen LogP contribution >= 0.6 is 0 Å². The minimum Gasteiger partial charge on any atom is -0.328 e. The van der Waals surface area contributed by atoms with Gasteiger partial charge in [0.15, 0.2) is 5.69 Å². The molecular weight excluding hydrogens is 362 g/mol. The van der Waals surface area contributed by atoms with Crippen molar-refractivity contribution in [3.8, 4) is 5.69 Å². The van der Waals surface area contributed by atoms with Crippen molar-refractivity contribution in [1.29, 1.82) is 0 Å². The largest absolute Gasteiger partial charge is 0.406 e. The molecule has 0 unspecified atom stereocenters. The van der Waals surface area contributed by atoms with E-state index in [4.69, 9.17) is 0 Å². The molecule has 0 radical (unpaired) electrons. The van der Waals surface area contributed by atoms with Crippen LogP contribution in [0.1, 0.15) is 47.9 Å². The molecule has 0 saturated carbocycles. The van der Waals surface area contributed by atoms with E-state index in [1.54, 1.807) is 16.8 Å². The molecule has 0 aliphatic heterocycles. The fourth-order valence-corrected chi connectivity index (χ4v) is 3.37. The second-order valence-corrected chi connectivity index (χ2v) is 6.71. The summed E-state index contributed by atoms with van der Waals surface area (Å²) in [6, 6.07) is 5.66. The number of aromatic nitrogens is 2. The number of amides is 1. The normalized spacial score (nSPS) is 13.7. The molecular formula is C19H21F4N3O. The number of rotatable bonds is 6. The Labute approximate surface area is 154 Å². The van der Waals surface area contributed by atoms with E-state index in [0.29, 0.717) is 36.9 Å². The van der Waals surface area contributed by atoms with Gasteiger partial charge in [-0.25, -0.2) is 9.07 Å². The van der Waals surface area contributed by atoms with Crippen LogP contribution in [0.3, 0.4) is 0 Å². The molecule has 146 valence electrons. The Morgan fingerprint density at radius 1 is 1.22 bits per heavy atom. The van der Waals surface area contributed by atoms with E-state index in [0.717, 1.165) is 17.0 Å². The minimum atomic E-state index is -4.47. The number of fused-ring (bicyclic) bond motifs is 1. The fraction of sp³-hybridized carbons (Fsp3) is 0.474. The molecule has 1 heterocycles. The monoisotopic (exact) mass is 383 g/mol.